The number of amides is 1. The second-order valence-corrected chi connectivity index (χ2v) is 5.35. The first-order chi connectivity index (χ1) is 8.04. The largest absolute Gasteiger partial charge is 0.349 e. The Morgan fingerprint density at radius 3 is 2.71 bits per heavy atom. The van der Waals surface area contributed by atoms with E-state index in [1.807, 2.05) is 13.0 Å². The van der Waals surface area contributed by atoms with Gasteiger partial charge in [-0.2, -0.15) is 0 Å². The van der Waals surface area contributed by atoms with Gasteiger partial charge in [0.25, 0.3) is 5.91 Å². The van der Waals surface area contributed by atoms with Crippen molar-refractivity contribution in [2.24, 2.45) is 5.92 Å². The highest BCUT2D eigenvalue weighted by Crippen LogP contribution is 2.09. The van der Waals surface area contributed by atoms with E-state index >= 15 is 0 Å². The van der Waals surface area contributed by atoms with Gasteiger partial charge in [-0.3, -0.25) is 9.78 Å². The average Bonchev–Trinajstić information content (AvgIpc) is 2.28. The third-order valence-corrected chi connectivity index (χ3v) is 3.14. The van der Waals surface area contributed by atoms with E-state index in [0.29, 0.717) is 11.5 Å². The molecule has 0 bridgehead atoms. The van der Waals surface area contributed by atoms with Crippen LogP contribution in [0.3, 0.4) is 0 Å². The van der Waals surface area contributed by atoms with Crippen molar-refractivity contribution < 1.29 is 4.79 Å². The summed E-state index contributed by atoms with van der Waals surface area (Å²) in [7, 11) is 0. The summed E-state index contributed by atoms with van der Waals surface area (Å²) in [6, 6.07) is 2.05. The van der Waals surface area contributed by atoms with Gasteiger partial charge >= 0.3 is 0 Å². The Labute approximate surface area is 111 Å². The van der Waals surface area contributed by atoms with Crippen molar-refractivity contribution in [3.63, 3.8) is 0 Å². The number of alkyl halides is 1. The second-order valence-electron chi connectivity index (χ2n) is 4.55. The maximum Gasteiger partial charge on any atom is 0.253 e. The van der Waals surface area contributed by atoms with Gasteiger partial charge in [0.2, 0.25) is 0 Å². The average molecular weight is 299 g/mol. The zero-order chi connectivity index (χ0) is 12.8. The van der Waals surface area contributed by atoms with Crippen LogP contribution in [-0.2, 0) is 0 Å². The molecular weight excluding hydrogens is 280 g/mol. The number of pyridine rings is 1. The van der Waals surface area contributed by atoms with Gasteiger partial charge in [0.05, 0.1) is 5.56 Å². The number of hydrogen-bond donors (Lipinski definition) is 1. The molecular formula is C13H19BrN2O. The monoisotopic (exact) mass is 298 g/mol. The number of carbonyl (C=O) groups is 1. The lowest BCUT2D eigenvalue weighted by atomic mass is 10.0. The summed E-state index contributed by atoms with van der Waals surface area (Å²) < 4.78 is 0. The lowest BCUT2D eigenvalue weighted by Gasteiger charge is -2.21. The number of aromatic nitrogens is 1. The zero-order valence-electron chi connectivity index (χ0n) is 10.5. The third kappa shape index (κ3) is 4.46. The van der Waals surface area contributed by atoms with Crippen LogP contribution in [0.5, 0.6) is 0 Å². The normalized spacial score (nSPS) is 12.5. The highest BCUT2D eigenvalue weighted by atomic mass is 79.9. The van der Waals surface area contributed by atoms with Crippen molar-refractivity contribution >= 4 is 21.8 Å². The highest BCUT2D eigenvalue weighted by molar-refractivity contribution is 9.09. The Morgan fingerprint density at radius 1 is 1.47 bits per heavy atom. The molecule has 1 heterocycles. The molecule has 0 radical (unpaired) electrons. The molecule has 1 N–H and O–H groups in total. The van der Waals surface area contributed by atoms with Gasteiger partial charge in [0.1, 0.15) is 0 Å². The Hall–Kier alpha value is -0.900. The maximum atomic E-state index is 12.0. The summed E-state index contributed by atoms with van der Waals surface area (Å²) in [5, 5.41) is 3.94. The van der Waals surface area contributed by atoms with Crippen molar-refractivity contribution in [2.75, 3.05) is 5.33 Å². The van der Waals surface area contributed by atoms with Gasteiger partial charge in [0.15, 0.2) is 0 Å². The lowest BCUT2D eigenvalue weighted by molar-refractivity contribution is 0.0924. The van der Waals surface area contributed by atoms with E-state index in [0.717, 1.165) is 17.3 Å². The second kappa shape index (κ2) is 6.74. The number of aryl methyl sites for hydroxylation is 1. The van der Waals surface area contributed by atoms with Crippen LogP contribution in [-0.4, -0.2) is 22.3 Å². The van der Waals surface area contributed by atoms with Gasteiger partial charge in [-0.15, -0.1) is 0 Å². The van der Waals surface area contributed by atoms with E-state index in [-0.39, 0.29) is 11.9 Å². The molecule has 1 amide bonds. The van der Waals surface area contributed by atoms with Crippen LogP contribution in [0.15, 0.2) is 18.5 Å². The number of halogens is 1. The fraction of sp³-hybridized carbons (Fsp3) is 0.538. The lowest BCUT2D eigenvalue weighted by Crippen LogP contribution is -2.38. The molecule has 1 aromatic rings. The van der Waals surface area contributed by atoms with Crippen molar-refractivity contribution in [1.82, 2.24) is 10.3 Å². The molecule has 3 nitrogen and oxygen atoms in total. The minimum Gasteiger partial charge on any atom is -0.349 e. The predicted molar refractivity (Wildman–Crippen MR) is 73.5 cm³/mol. The Balaban J connectivity index is 2.70. The van der Waals surface area contributed by atoms with E-state index in [1.54, 1.807) is 12.4 Å². The van der Waals surface area contributed by atoms with Gasteiger partial charge in [-0.1, -0.05) is 29.8 Å². The number of nitrogens with one attached hydrogen (secondary N) is 1. The van der Waals surface area contributed by atoms with E-state index in [1.165, 1.54) is 0 Å². The van der Waals surface area contributed by atoms with Gasteiger partial charge < -0.3 is 5.32 Å². The van der Waals surface area contributed by atoms with Crippen LogP contribution in [0.1, 0.15) is 36.2 Å². The van der Waals surface area contributed by atoms with Crippen LogP contribution in [0, 0.1) is 12.8 Å². The first-order valence-corrected chi connectivity index (χ1v) is 6.95. The molecule has 0 fully saturated rings. The summed E-state index contributed by atoms with van der Waals surface area (Å²) in [4.78, 5) is 16.1. The Morgan fingerprint density at radius 2 is 2.18 bits per heavy atom. The number of carbonyl (C=O) groups excluding carboxylic acids is 1. The fourth-order valence-electron chi connectivity index (χ4n) is 1.62. The topological polar surface area (TPSA) is 42.0 Å². The quantitative estimate of drug-likeness (QED) is 0.849. The Bertz CT molecular complexity index is 379. The van der Waals surface area contributed by atoms with Crippen LogP contribution in [0.2, 0.25) is 0 Å². The van der Waals surface area contributed by atoms with Gasteiger partial charge in [-0.05, 0) is 30.9 Å². The standard InChI is InChI=1S/C13H19BrN2O/c1-9(2)12(4-5-14)16-13(17)11-6-10(3)7-15-8-11/h6-9,12H,4-5H2,1-3H3,(H,16,17). The summed E-state index contributed by atoms with van der Waals surface area (Å²) in [6.45, 7) is 6.16. The van der Waals surface area contributed by atoms with Crippen molar-refractivity contribution in [3.8, 4) is 0 Å². The third-order valence-electron chi connectivity index (χ3n) is 2.68. The molecule has 0 aliphatic carbocycles. The van der Waals surface area contributed by atoms with Crippen LogP contribution in [0.4, 0.5) is 0 Å². The summed E-state index contributed by atoms with van der Waals surface area (Å²) >= 11 is 3.41. The molecule has 4 heteroatoms. The fourth-order valence-corrected chi connectivity index (χ4v) is 2.11. The molecule has 0 aliphatic rings. The summed E-state index contributed by atoms with van der Waals surface area (Å²) in [5.41, 5.74) is 1.63. The smallest absolute Gasteiger partial charge is 0.253 e. The molecule has 17 heavy (non-hydrogen) atoms. The molecule has 0 saturated carbocycles. The van der Waals surface area contributed by atoms with Crippen LogP contribution < -0.4 is 5.32 Å². The first kappa shape index (κ1) is 14.2. The molecule has 1 aromatic heterocycles. The number of hydrogen-bond acceptors (Lipinski definition) is 2. The number of nitrogens with zero attached hydrogens (tertiary/aromatic N) is 1. The first-order valence-electron chi connectivity index (χ1n) is 5.83. The molecule has 1 unspecified atom stereocenters. The minimum atomic E-state index is -0.0409. The SMILES string of the molecule is Cc1cncc(C(=O)NC(CCBr)C(C)C)c1. The molecule has 0 aromatic carbocycles. The molecule has 0 spiro atoms. The minimum absolute atomic E-state index is 0.0409. The maximum absolute atomic E-state index is 12.0. The van der Waals surface area contributed by atoms with Crippen molar-refractivity contribution in [1.29, 1.82) is 0 Å². The van der Waals surface area contributed by atoms with Crippen LogP contribution >= 0.6 is 15.9 Å². The predicted octanol–water partition coefficient (Wildman–Crippen LogP) is 2.93. The molecule has 0 saturated heterocycles. The summed E-state index contributed by atoms with van der Waals surface area (Å²) in [6.07, 6.45) is 4.28. The van der Waals surface area contributed by atoms with E-state index in [2.05, 4.69) is 40.1 Å². The Kier molecular flexibility index (Phi) is 5.62. The van der Waals surface area contributed by atoms with E-state index < -0.39 is 0 Å². The zero-order valence-corrected chi connectivity index (χ0v) is 12.1. The van der Waals surface area contributed by atoms with Gasteiger partial charge in [-0.25, -0.2) is 0 Å². The highest BCUT2D eigenvalue weighted by Gasteiger charge is 2.16. The van der Waals surface area contributed by atoms with E-state index in [4.69, 9.17) is 0 Å². The summed E-state index contributed by atoms with van der Waals surface area (Å²) in [5.74, 6) is 0.384. The van der Waals surface area contributed by atoms with Gasteiger partial charge in [0, 0.05) is 23.8 Å². The van der Waals surface area contributed by atoms with Crippen molar-refractivity contribution in [2.45, 2.75) is 33.2 Å². The molecule has 94 valence electrons. The molecule has 1 rings (SSSR count). The molecule has 0 aliphatic heterocycles. The van der Waals surface area contributed by atoms with Crippen LogP contribution in [0.25, 0.3) is 0 Å². The van der Waals surface area contributed by atoms with E-state index in [9.17, 15) is 4.79 Å². The molecule has 1 atom stereocenters. The number of rotatable bonds is 5. The van der Waals surface area contributed by atoms with Crippen molar-refractivity contribution in [3.05, 3.63) is 29.6 Å².